The zero-order valence-corrected chi connectivity index (χ0v) is 19.3. The number of hydrogen-bond donors (Lipinski definition) is 1. The number of aryl methyl sites for hydroxylation is 3. The molecule has 1 saturated heterocycles. The van der Waals surface area contributed by atoms with Gasteiger partial charge in [0.1, 0.15) is 6.04 Å². The molecule has 0 aliphatic carbocycles. The molecule has 0 bridgehead atoms. The molecule has 2 atom stereocenters. The summed E-state index contributed by atoms with van der Waals surface area (Å²) in [5.74, 6) is 0.751. The molecule has 160 valence electrons. The van der Waals surface area contributed by atoms with E-state index in [0.717, 1.165) is 34.4 Å². The molecule has 4 rings (SSSR count). The van der Waals surface area contributed by atoms with Gasteiger partial charge < -0.3 is 5.32 Å². The van der Waals surface area contributed by atoms with Crippen molar-refractivity contribution in [3.63, 3.8) is 0 Å². The molecular weight excluding hydrogens is 416 g/mol. The Balaban J connectivity index is 1.59. The standard InChI is InChI=1S/C23H28N2O3S2/c1-15-13-16(2)22(17(3)14-15)30(27,28)25-11-6-8-20(25)23(26)24-19-10-12-29-21-9-5-4-7-18(19)21/h4-5,7,9,13-14,19-20H,6,8,10-12H2,1-3H3,(H,24,26)/t19-,20-/m1/s1. The fraction of sp³-hybridized carbons (Fsp3) is 0.435. The van der Waals surface area contributed by atoms with E-state index in [1.807, 2.05) is 45.0 Å². The minimum absolute atomic E-state index is 0.0667. The maximum atomic E-state index is 13.5. The number of benzene rings is 2. The van der Waals surface area contributed by atoms with E-state index in [9.17, 15) is 13.2 Å². The molecule has 0 aromatic heterocycles. The van der Waals surface area contributed by atoms with E-state index in [4.69, 9.17) is 0 Å². The number of rotatable bonds is 4. The van der Waals surface area contributed by atoms with Gasteiger partial charge in [0.15, 0.2) is 0 Å². The van der Waals surface area contributed by atoms with Crippen molar-refractivity contribution in [3.05, 3.63) is 58.7 Å². The lowest BCUT2D eigenvalue weighted by Crippen LogP contribution is -2.47. The van der Waals surface area contributed by atoms with Crippen molar-refractivity contribution in [1.29, 1.82) is 0 Å². The largest absolute Gasteiger partial charge is 0.348 e. The Morgan fingerprint density at radius 1 is 1.10 bits per heavy atom. The second kappa shape index (κ2) is 8.36. The van der Waals surface area contributed by atoms with Crippen LogP contribution in [0.25, 0.3) is 0 Å². The summed E-state index contributed by atoms with van der Waals surface area (Å²) in [5, 5.41) is 3.15. The number of thioether (sulfide) groups is 1. The summed E-state index contributed by atoms with van der Waals surface area (Å²) in [4.78, 5) is 14.7. The van der Waals surface area contributed by atoms with Crippen LogP contribution in [-0.2, 0) is 14.8 Å². The van der Waals surface area contributed by atoms with Gasteiger partial charge in [0.2, 0.25) is 15.9 Å². The highest BCUT2D eigenvalue weighted by Gasteiger charge is 2.41. The first-order valence-electron chi connectivity index (χ1n) is 10.4. The molecular formula is C23H28N2O3S2. The Bertz CT molecular complexity index is 1060. The van der Waals surface area contributed by atoms with E-state index in [0.29, 0.717) is 24.3 Å². The van der Waals surface area contributed by atoms with Gasteiger partial charge >= 0.3 is 0 Å². The fourth-order valence-corrected chi connectivity index (χ4v) is 7.94. The maximum Gasteiger partial charge on any atom is 0.244 e. The molecule has 0 radical (unpaired) electrons. The maximum absolute atomic E-state index is 13.5. The van der Waals surface area contributed by atoms with Gasteiger partial charge in [0, 0.05) is 17.2 Å². The van der Waals surface area contributed by atoms with Crippen molar-refractivity contribution in [1.82, 2.24) is 9.62 Å². The molecule has 30 heavy (non-hydrogen) atoms. The van der Waals surface area contributed by atoms with Crippen molar-refractivity contribution < 1.29 is 13.2 Å². The van der Waals surface area contributed by atoms with E-state index >= 15 is 0 Å². The molecule has 0 spiro atoms. The van der Waals surface area contributed by atoms with Crippen LogP contribution >= 0.6 is 11.8 Å². The molecule has 7 heteroatoms. The average Bonchev–Trinajstić information content (AvgIpc) is 3.18. The molecule has 2 heterocycles. The van der Waals surface area contributed by atoms with Crippen molar-refractivity contribution in [2.24, 2.45) is 0 Å². The fourth-order valence-electron chi connectivity index (χ4n) is 4.74. The van der Waals surface area contributed by atoms with Crippen molar-refractivity contribution in [2.75, 3.05) is 12.3 Å². The Morgan fingerprint density at radius 2 is 1.80 bits per heavy atom. The summed E-state index contributed by atoms with van der Waals surface area (Å²) in [6, 6.07) is 11.2. The van der Waals surface area contributed by atoms with E-state index in [2.05, 4.69) is 17.4 Å². The first kappa shape index (κ1) is 21.4. The third-order valence-corrected chi connectivity index (χ3v) is 9.29. The van der Waals surface area contributed by atoms with Crippen LogP contribution in [0.5, 0.6) is 0 Å². The zero-order chi connectivity index (χ0) is 21.5. The van der Waals surface area contributed by atoms with Gasteiger partial charge in [0.25, 0.3) is 0 Å². The molecule has 5 nitrogen and oxygen atoms in total. The SMILES string of the molecule is Cc1cc(C)c(S(=O)(=O)N2CCC[C@@H]2C(=O)N[C@@H]2CCSc3ccccc32)c(C)c1. The number of amides is 1. The minimum atomic E-state index is -3.74. The third kappa shape index (κ3) is 3.90. The van der Waals surface area contributed by atoms with Gasteiger partial charge in [-0.15, -0.1) is 11.8 Å². The second-order valence-electron chi connectivity index (χ2n) is 8.24. The summed E-state index contributed by atoms with van der Waals surface area (Å²) >= 11 is 1.80. The summed E-state index contributed by atoms with van der Waals surface area (Å²) in [7, 11) is -3.74. The lowest BCUT2D eigenvalue weighted by Gasteiger charge is -2.29. The van der Waals surface area contributed by atoms with Crippen LogP contribution in [0.2, 0.25) is 0 Å². The van der Waals surface area contributed by atoms with Crippen molar-refractivity contribution >= 4 is 27.7 Å². The third-order valence-electron chi connectivity index (χ3n) is 5.95. The van der Waals surface area contributed by atoms with Crippen LogP contribution in [0.3, 0.4) is 0 Å². The van der Waals surface area contributed by atoms with E-state index in [-0.39, 0.29) is 11.9 Å². The van der Waals surface area contributed by atoms with Gasteiger partial charge in [-0.2, -0.15) is 4.31 Å². The van der Waals surface area contributed by atoms with Crippen LogP contribution in [-0.4, -0.2) is 37.0 Å². The zero-order valence-electron chi connectivity index (χ0n) is 17.6. The number of nitrogens with one attached hydrogen (secondary N) is 1. The highest BCUT2D eigenvalue weighted by molar-refractivity contribution is 7.99. The number of nitrogens with zero attached hydrogens (tertiary/aromatic N) is 1. The number of carbonyl (C=O) groups excluding carboxylic acids is 1. The predicted octanol–water partition coefficient (Wildman–Crippen LogP) is 4.12. The molecule has 0 unspecified atom stereocenters. The number of carbonyl (C=O) groups is 1. The average molecular weight is 445 g/mol. The molecule has 2 aliphatic heterocycles. The van der Waals surface area contributed by atoms with E-state index in [1.54, 1.807) is 11.8 Å². The Hall–Kier alpha value is -1.83. The highest BCUT2D eigenvalue weighted by Crippen LogP contribution is 2.36. The number of hydrogen-bond acceptors (Lipinski definition) is 4. The monoisotopic (exact) mass is 444 g/mol. The van der Waals surface area contributed by atoms with Crippen molar-refractivity contribution in [3.8, 4) is 0 Å². The molecule has 2 aliphatic rings. The molecule has 1 fully saturated rings. The van der Waals surface area contributed by atoms with Gasteiger partial charge in [0.05, 0.1) is 10.9 Å². The summed E-state index contributed by atoms with van der Waals surface area (Å²) in [6.45, 7) is 6.00. The minimum Gasteiger partial charge on any atom is -0.348 e. The summed E-state index contributed by atoms with van der Waals surface area (Å²) < 4.78 is 28.5. The smallest absolute Gasteiger partial charge is 0.244 e. The second-order valence-corrected chi connectivity index (χ2v) is 11.2. The van der Waals surface area contributed by atoms with Crippen LogP contribution in [0.4, 0.5) is 0 Å². The van der Waals surface area contributed by atoms with Gasteiger partial charge in [-0.25, -0.2) is 8.42 Å². The van der Waals surface area contributed by atoms with Gasteiger partial charge in [-0.05, 0) is 62.8 Å². The van der Waals surface area contributed by atoms with Crippen LogP contribution < -0.4 is 5.32 Å². The lowest BCUT2D eigenvalue weighted by atomic mass is 10.0. The van der Waals surface area contributed by atoms with Crippen LogP contribution in [0, 0.1) is 20.8 Å². The molecule has 1 amide bonds. The van der Waals surface area contributed by atoms with Gasteiger partial charge in [-0.1, -0.05) is 35.9 Å². The first-order valence-corrected chi connectivity index (χ1v) is 12.8. The first-order chi connectivity index (χ1) is 14.3. The van der Waals surface area contributed by atoms with Crippen molar-refractivity contribution in [2.45, 2.75) is 61.9 Å². The van der Waals surface area contributed by atoms with Crippen LogP contribution in [0.15, 0.2) is 46.2 Å². The Morgan fingerprint density at radius 3 is 2.53 bits per heavy atom. The number of fused-ring (bicyclic) bond motifs is 1. The Labute approximate surface area is 183 Å². The quantitative estimate of drug-likeness (QED) is 0.770. The Kier molecular flexibility index (Phi) is 5.97. The van der Waals surface area contributed by atoms with E-state index < -0.39 is 16.1 Å². The van der Waals surface area contributed by atoms with Gasteiger partial charge in [-0.3, -0.25) is 4.79 Å². The molecule has 0 saturated carbocycles. The normalized spacial score (nSPS) is 22.0. The molecule has 2 aromatic rings. The number of sulfonamides is 1. The summed E-state index contributed by atoms with van der Waals surface area (Å²) in [5.41, 5.74) is 3.63. The summed E-state index contributed by atoms with van der Waals surface area (Å²) in [6.07, 6.45) is 2.10. The predicted molar refractivity (Wildman–Crippen MR) is 120 cm³/mol. The lowest BCUT2D eigenvalue weighted by molar-refractivity contribution is -0.125. The molecule has 1 N–H and O–H groups in total. The van der Waals surface area contributed by atoms with Crippen LogP contribution in [0.1, 0.15) is 47.6 Å². The van der Waals surface area contributed by atoms with E-state index in [1.165, 1.54) is 9.20 Å². The highest BCUT2D eigenvalue weighted by atomic mass is 32.2. The molecule has 2 aromatic carbocycles. The topological polar surface area (TPSA) is 66.5 Å².